The maximum Gasteiger partial charge on any atom is 0.252 e. The zero-order chi connectivity index (χ0) is 24.4. The molecule has 35 heavy (non-hydrogen) atoms. The van der Waals surface area contributed by atoms with Gasteiger partial charge in [0.05, 0.1) is 29.2 Å². The normalized spacial score (nSPS) is 20.9. The van der Waals surface area contributed by atoms with E-state index in [1.54, 1.807) is 6.20 Å². The third-order valence-electron chi connectivity index (χ3n) is 7.19. The highest BCUT2D eigenvalue weighted by Gasteiger charge is 2.25. The molecule has 1 saturated heterocycles. The molecule has 0 aromatic carbocycles. The summed E-state index contributed by atoms with van der Waals surface area (Å²) in [5, 5.41) is 7.27. The van der Waals surface area contributed by atoms with Crippen LogP contribution in [0, 0.1) is 5.82 Å². The van der Waals surface area contributed by atoms with Crippen LogP contribution in [-0.2, 0) is 6.54 Å². The number of fused-ring (bicyclic) bond motifs is 1. The molecule has 0 radical (unpaired) electrons. The van der Waals surface area contributed by atoms with Crippen LogP contribution in [0.5, 0.6) is 0 Å². The van der Waals surface area contributed by atoms with Gasteiger partial charge in [0.15, 0.2) is 11.6 Å². The van der Waals surface area contributed by atoms with Crippen LogP contribution < -0.4 is 22.1 Å². The van der Waals surface area contributed by atoms with Crippen molar-refractivity contribution >= 4 is 34.1 Å². The molecule has 9 nitrogen and oxygen atoms in total. The number of rotatable bonds is 8. The summed E-state index contributed by atoms with van der Waals surface area (Å²) in [6.45, 7) is 4.16. The molecule has 0 bridgehead atoms. The van der Waals surface area contributed by atoms with Crippen LogP contribution in [0.2, 0.25) is 0 Å². The van der Waals surface area contributed by atoms with Crippen molar-refractivity contribution in [1.82, 2.24) is 19.4 Å². The molecular weight excluding hydrogens is 447 g/mol. The Morgan fingerprint density at radius 2 is 1.91 bits per heavy atom. The fraction of sp³-hybridized carbons (Fsp3) is 0.480. The Morgan fingerprint density at radius 3 is 2.69 bits per heavy atom. The molecule has 3 aromatic heterocycles. The molecular formula is C25H33FN8O. The van der Waals surface area contributed by atoms with Crippen LogP contribution in [-0.4, -0.2) is 57.1 Å². The number of carbonyl (C=O) groups is 1. The Bertz CT molecular complexity index is 1210. The van der Waals surface area contributed by atoms with Crippen molar-refractivity contribution in [2.24, 2.45) is 11.5 Å². The van der Waals surface area contributed by atoms with Gasteiger partial charge in [-0.15, -0.1) is 0 Å². The molecule has 186 valence electrons. The van der Waals surface area contributed by atoms with E-state index in [2.05, 4.69) is 30.1 Å². The molecule has 4 heterocycles. The lowest BCUT2D eigenvalue weighted by Crippen LogP contribution is -2.43. The number of anilines is 3. The quantitative estimate of drug-likeness (QED) is 0.390. The number of carbonyl (C=O) groups excluding carboxylic acids is 1. The summed E-state index contributed by atoms with van der Waals surface area (Å²) in [5.41, 5.74) is 13.4. The van der Waals surface area contributed by atoms with Crippen molar-refractivity contribution < 1.29 is 9.18 Å². The fourth-order valence-electron chi connectivity index (χ4n) is 5.17. The first kappa shape index (κ1) is 23.5. The number of nitrogens with one attached hydrogen (secondary N) is 2. The van der Waals surface area contributed by atoms with Crippen LogP contribution >= 0.6 is 0 Å². The number of aromatic nitrogens is 3. The van der Waals surface area contributed by atoms with Gasteiger partial charge in [-0.2, -0.15) is 0 Å². The number of nitrogens with two attached hydrogens (primary N) is 2. The third-order valence-corrected chi connectivity index (χ3v) is 7.19. The molecule has 2 aliphatic rings. The van der Waals surface area contributed by atoms with Gasteiger partial charge >= 0.3 is 0 Å². The van der Waals surface area contributed by atoms with Crippen molar-refractivity contribution in [3.63, 3.8) is 0 Å². The minimum Gasteiger partial charge on any atom is -0.365 e. The molecule has 1 amide bonds. The standard InChI is InChI=1S/C25H33FN8O/c26-18-13-17(23(28)35)24(32-25(18)30-20-6-2-1-5-19(20)27)31-21-14-29-15-22-16(21)7-10-34(22)12-11-33-8-3-4-9-33/h7,10,13-15,19-20H,1-6,8-9,11-12,27H2,(H2,28,35)(H2,30,31,32)/t19-,20+/m0/s1. The molecule has 1 saturated carbocycles. The highest BCUT2D eigenvalue weighted by Crippen LogP contribution is 2.30. The van der Waals surface area contributed by atoms with E-state index >= 15 is 0 Å². The Hall–Kier alpha value is -3.24. The Labute approximate surface area is 204 Å². The summed E-state index contributed by atoms with van der Waals surface area (Å²) < 4.78 is 17.0. The second-order valence-electron chi connectivity index (χ2n) is 9.58. The van der Waals surface area contributed by atoms with Crippen LogP contribution in [0.3, 0.4) is 0 Å². The number of hydrogen-bond acceptors (Lipinski definition) is 7. The lowest BCUT2D eigenvalue weighted by Gasteiger charge is -2.30. The average Bonchev–Trinajstić information content (AvgIpc) is 3.51. The third kappa shape index (κ3) is 5.08. The van der Waals surface area contributed by atoms with Crippen LogP contribution in [0.4, 0.5) is 21.7 Å². The van der Waals surface area contributed by atoms with Gasteiger partial charge in [0.2, 0.25) is 0 Å². The van der Waals surface area contributed by atoms with Crippen molar-refractivity contribution in [3.05, 3.63) is 42.1 Å². The number of amides is 1. The molecule has 2 fully saturated rings. The van der Waals surface area contributed by atoms with Crippen molar-refractivity contribution in [3.8, 4) is 0 Å². The van der Waals surface area contributed by atoms with Gasteiger partial charge < -0.3 is 31.6 Å². The van der Waals surface area contributed by atoms with Crippen LogP contribution in [0.1, 0.15) is 48.9 Å². The largest absolute Gasteiger partial charge is 0.365 e. The van der Waals surface area contributed by atoms with Crippen molar-refractivity contribution in [2.45, 2.75) is 57.2 Å². The highest BCUT2D eigenvalue weighted by atomic mass is 19.1. The zero-order valence-electron chi connectivity index (χ0n) is 19.8. The number of primary amides is 1. The molecule has 0 spiro atoms. The van der Waals surface area contributed by atoms with E-state index in [-0.39, 0.29) is 29.3 Å². The number of pyridine rings is 2. The zero-order valence-corrected chi connectivity index (χ0v) is 19.8. The first-order valence-corrected chi connectivity index (χ1v) is 12.4. The fourth-order valence-corrected chi connectivity index (χ4v) is 5.17. The second-order valence-corrected chi connectivity index (χ2v) is 9.58. The molecule has 3 aromatic rings. The number of nitrogens with zero attached hydrogens (tertiary/aromatic N) is 4. The summed E-state index contributed by atoms with van der Waals surface area (Å²) in [6.07, 6.45) is 11.9. The van der Waals surface area contributed by atoms with E-state index in [1.807, 2.05) is 18.5 Å². The molecule has 1 aliphatic carbocycles. The minimum absolute atomic E-state index is 0.0218. The Kier molecular flexibility index (Phi) is 6.83. The molecule has 2 atom stereocenters. The smallest absolute Gasteiger partial charge is 0.252 e. The summed E-state index contributed by atoms with van der Waals surface area (Å²) >= 11 is 0. The van der Waals surface area contributed by atoms with Gasteiger partial charge in [-0.3, -0.25) is 9.78 Å². The first-order chi connectivity index (χ1) is 17.0. The van der Waals surface area contributed by atoms with Crippen LogP contribution in [0.25, 0.3) is 10.9 Å². The van der Waals surface area contributed by atoms with Gasteiger partial charge in [-0.1, -0.05) is 12.8 Å². The maximum absolute atomic E-state index is 14.9. The van der Waals surface area contributed by atoms with Gasteiger partial charge in [0.1, 0.15) is 5.82 Å². The van der Waals surface area contributed by atoms with Gasteiger partial charge in [-0.05, 0) is 50.9 Å². The van der Waals surface area contributed by atoms with E-state index in [9.17, 15) is 9.18 Å². The summed E-state index contributed by atoms with van der Waals surface area (Å²) in [6, 6.07) is 2.99. The number of halogens is 1. The van der Waals surface area contributed by atoms with Crippen LogP contribution in [0.15, 0.2) is 30.7 Å². The van der Waals surface area contributed by atoms with Gasteiger partial charge in [0.25, 0.3) is 5.91 Å². The predicted octanol–water partition coefficient (Wildman–Crippen LogP) is 3.19. The number of hydrogen-bond donors (Lipinski definition) is 4. The summed E-state index contributed by atoms with van der Waals surface area (Å²) in [7, 11) is 0. The van der Waals surface area contributed by atoms with E-state index in [1.165, 1.54) is 12.8 Å². The second kappa shape index (κ2) is 10.2. The highest BCUT2D eigenvalue weighted by molar-refractivity contribution is 6.00. The predicted molar refractivity (Wildman–Crippen MR) is 135 cm³/mol. The summed E-state index contributed by atoms with van der Waals surface area (Å²) in [4.78, 5) is 23.4. The topological polar surface area (TPSA) is 127 Å². The first-order valence-electron chi connectivity index (χ1n) is 12.4. The molecule has 5 rings (SSSR count). The minimum atomic E-state index is -0.761. The SMILES string of the molecule is NC(=O)c1cc(F)c(N[C@@H]2CCCC[C@@H]2N)nc1Nc1cncc2c1ccn2CCN1CCCC1. The Morgan fingerprint density at radius 1 is 1.11 bits per heavy atom. The monoisotopic (exact) mass is 480 g/mol. The molecule has 10 heteroatoms. The van der Waals surface area contributed by atoms with E-state index < -0.39 is 11.7 Å². The van der Waals surface area contributed by atoms with Gasteiger partial charge in [-0.25, -0.2) is 9.37 Å². The summed E-state index contributed by atoms with van der Waals surface area (Å²) in [5.74, 6) is -1.15. The molecule has 0 unspecified atom stereocenters. The van der Waals surface area contributed by atoms with E-state index in [4.69, 9.17) is 11.5 Å². The maximum atomic E-state index is 14.9. The lowest BCUT2D eigenvalue weighted by atomic mass is 9.91. The number of likely N-dealkylation sites (tertiary alicyclic amines) is 1. The van der Waals surface area contributed by atoms with Crippen molar-refractivity contribution in [2.75, 3.05) is 30.3 Å². The Balaban J connectivity index is 1.42. The van der Waals surface area contributed by atoms with E-state index in [0.29, 0.717) is 5.69 Å². The lowest BCUT2D eigenvalue weighted by molar-refractivity contribution is 0.100. The molecule has 1 aliphatic heterocycles. The molecule has 6 N–H and O–H groups in total. The van der Waals surface area contributed by atoms with Crippen molar-refractivity contribution in [1.29, 1.82) is 0 Å². The van der Waals surface area contributed by atoms with Gasteiger partial charge in [0, 0.05) is 36.8 Å². The van der Waals surface area contributed by atoms with E-state index in [0.717, 1.165) is 68.8 Å². The average molecular weight is 481 g/mol.